The lowest BCUT2D eigenvalue weighted by Crippen LogP contribution is -2.58. The Labute approximate surface area is 795 Å². The zero-order valence-electron chi connectivity index (χ0n) is 79.4. The predicted molar refractivity (Wildman–Crippen MR) is 595 cm³/mol. The van der Waals surface area contributed by atoms with Crippen molar-refractivity contribution >= 4 is 186 Å². The fourth-order valence-electron chi connectivity index (χ4n) is 24.5. The molecule has 26 rings (SSSR count). The first kappa shape index (κ1) is 83.3. The molecule has 0 unspecified atom stereocenters. The maximum atomic E-state index is 2.50. The highest BCUT2D eigenvalue weighted by Crippen LogP contribution is 2.55. The molecule has 4 aliphatic rings. The Bertz CT molecular complexity index is 8800. The van der Waals surface area contributed by atoms with Gasteiger partial charge in [-0.2, -0.15) is 0 Å². The van der Waals surface area contributed by atoms with Crippen LogP contribution in [0, 0.1) is 20.8 Å². The second-order valence-electron chi connectivity index (χ2n) is 40.5. The summed E-state index contributed by atoms with van der Waals surface area (Å²) in [5, 5.41) is 32.4. The second-order valence-corrected chi connectivity index (χ2v) is 53.5. The van der Waals surface area contributed by atoms with Crippen LogP contribution in [-0.2, 0) is 5.41 Å². The topological polar surface area (TPSA) is 9.72 Å². The van der Waals surface area contributed by atoms with E-state index in [1.807, 2.05) is 0 Å². The van der Waals surface area contributed by atoms with Crippen molar-refractivity contribution in [2.75, 3.05) is 35.8 Å². The zero-order chi connectivity index (χ0) is 92.0. The monoisotopic (exact) mass is 1780 g/mol. The molecule has 0 bridgehead atoms. The van der Waals surface area contributed by atoms with Gasteiger partial charge in [-0.25, -0.2) is 0 Å². The molecule has 0 radical (unpaired) electrons. The van der Waals surface area contributed by atoms with Crippen LogP contribution in [0.2, 0.25) is 39.3 Å². The Balaban J connectivity index is 0.000000111. The van der Waals surface area contributed by atoms with Crippen molar-refractivity contribution in [3.63, 3.8) is 0 Å². The number of fused-ring (bicyclic) bond motifs is 19. The lowest BCUT2D eigenvalue weighted by atomic mass is 9.80. The summed E-state index contributed by atoms with van der Waals surface area (Å²) in [5.41, 5.74) is 33.0. The Hall–Kier alpha value is -14.8. The Kier molecular flexibility index (Phi) is 19.4. The molecule has 3 heterocycles. The van der Waals surface area contributed by atoms with E-state index >= 15 is 0 Å². The van der Waals surface area contributed by atoms with Crippen molar-refractivity contribution in [2.45, 2.75) is 79.3 Å². The van der Waals surface area contributed by atoms with E-state index in [1.54, 1.807) is 0 Å². The largest absolute Gasteiger partial charge is 0.345 e. The first-order valence-corrected chi connectivity index (χ1v) is 56.9. The molecule has 0 aromatic heterocycles. The maximum Gasteiger partial charge on any atom is 0.117 e. The maximum absolute atomic E-state index is 2.50. The van der Waals surface area contributed by atoms with Gasteiger partial charge in [0.2, 0.25) is 0 Å². The van der Waals surface area contributed by atoms with E-state index in [0.29, 0.717) is 0 Å². The van der Waals surface area contributed by atoms with Crippen molar-refractivity contribution in [2.24, 2.45) is 0 Å². The van der Waals surface area contributed by atoms with Crippen LogP contribution >= 0.6 is 0 Å². The molecule has 0 saturated carbocycles. The highest BCUT2D eigenvalue weighted by Gasteiger charge is 2.42. The van der Waals surface area contributed by atoms with Crippen LogP contribution in [0.1, 0.15) is 41.7 Å². The van der Waals surface area contributed by atoms with Gasteiger partial charge in [0.1, 0.15) is 24.2 Å². The third-order valence-electron chi connectivity index (χ3n) is 31.3. The summed E-state index contributed by atoms with van der Waals surface area (Å²) < 4.78 is 0. The van der Waals surface area contributed by atoms with E-state index in [9.17, 15) is 0 Å². The summed E-state index contributed by atoms with van der Waals surface area (Å²) in [5.74, 6) is 0. The van der Waals surface area contributed by atoms with Crippen molar-refractivity contribution in [3.05, 3.63) is 422 Å². The number of nitrogens with zero attached hydrogens (tertiary/aromatic N) is 3. The second kappa shape index (κ2) is 31.4. The minimum atomic E-state index is -1.86. The minimum absolute atomic E-state index is 0.0467. The third kappa shape index (κ3) is 12.9. The van der Waals surface area contributed by atoms with Gasteiger partial charge in [0.15, 0.2) is 0 Å². The number of benzene rings is 22. The van der Waals surface area contributed by atoms with E-state index in [2.05, 4.69) is 504 Å². The summed E-state index contributed by atoms with van der Waals surface area (Å²) in [6.45, 7) is 26.4. The summed E-state index contributed by atoms with van der Waals surface area (Å²) in [6.07, 6.45) is 0. The SMILES string of the molecule is Cc1ccc2c(-c3cc4ccccc4c4ccccc34)c3ccccc3c(-c3ccc4c(c3)N(C)c3ccccc3[Si]4(C)C)c2c1.Cc1ccc2c(-c3ccc4c(c3)C(C)(C)c3ccccc3-4)c3ccccc3c(-c3ccc4c(c3)N(C)c3ccccc3[Si]4(C)C)c2c1.Cc1ccc2c(-c3cccc4ccccc34)c3ccccc3c(-c3ccc4c(c3)N(C)c3ccccc3[Si]4(C)C)c2c1. The molecule has 0 saturated heterocycles. The summed E-state index contributed by atoms with van der Waals surface area (Å²) >= 11 is 0. The van der Waals surface area contributed by atoms with Crippen molar-refractivity contribution in [1.29, 1.82) is 0 Å². The van der Waals surface area contributed by atoms with Crippen LogP contribution in [0.15, 0.2) is 394 Å². The minimum Gasteiger partial charge on any atom is -0.345 e. The van der Waals surface area contributed by atoms with E-state index in [4.69, 9.17) is 0 Å². The normalized spacial score (nSPS) is 14.3. The molecule has 135 heavy (non-hydrogen) atoms. The number of hydrogen-bond acceptors (Lipinski definition) is 3. The Morgan fingerprint density at radius 3 is 0.933 bits per heavy atom. The van der Waals surface area contributed by atoms with E-state index < -0.39 is 24.2 Å². The molecule has 0 atom stereocenters. The van der Waals surface area contributed by atoms with Gasteiger partial charge in [-0.3, -0.25) is 0 Å². The average Bonchev–Trinajstić information content (AvgIpc) is 0.926. The highest BCUT2D eigenvalue weighted by molar-refractivity contribution is 7.04. The van der Waals surface area contributed by atoms with Crippen LogP contribution in [0.5, 0.6) is 0 Å². The van der Waals surface area contributed by atoms with Gasteiger partial charge in [-0.15, -0.1) is 0 Å². The Morgan fingerprint density at radius 1 is 0.185 bits per heavy atom. The van der Waals surface area contributed by atoms with Gasteiger partial charge in [0.05, 0.1) is 0 Å². The van der Waals surface area contributed by atoms with Crippen molar-refractivity contribution < 1.29 is 0 Å². The number of para-hydroxylation sites is 3. The molecule has 3 aliphatic heterocycles. The number of aryl methyl sites for hydroxylation is 3. The first-order valence-electron chi connectivity index (χ1n) is 47.9. The molecule has 3 nitrogen and oxygen atoms in total. The van der Waals surface area contributed by atoms with Gasteiger partial charge in [-0.1, -0.05) is 416 Å². The van der Waals surface area contributed by atoms with Crippen LogP contribution in [0.3, 0.4) is 0 Å². The Morgan fingerprint density at radius 2 is 0.481 bits per heavy atom. The molecule has 22 aromatic rings. The first-order chi connectivity index (χ1) is 65.5. The summed E-state index contributed by atoms with van der Waals surface area (Å²) in [7, 11) is 1.16. The lowest BCUT2D eigenvalue weighted by molar-refractivity contribution is 0.660. The molecule has 650 valence electrons. The number of hydrogen-bond donors (Lipinski definition) is 0. The molecule has 6 heteroatoms. The standard InChI is InChI=1S/C45H39NSi.C44H35NSi.C40H33NSi/c1-28-19-22-35-36(25-28)44(30-21-24-42-40(27-30)46(4)39-17-11-12-18-41(39)47(42,5)6)34-15-8-7-14-33(34)43(35)29-20-23-32-31-13-9-10-16-37(31)45(2,3)38(32)26-29;1-28-21-23-36-37(25-28)43(30-22-24-42-40(27-30)45(2)39-19-11-12-20-41(39)46(42,3)4)34-17-9-10-18-35(34)44(36)38-26-29-13-5-6-14-31(29)32-15-7-8-16-33(32)38;1-26-20-22-33-34(24-26)39(28-21-23-38-36(25-28)41(2)35-18-9-10-19-37(35)42(38,3)4)31-15-7-8-16-32(31)40(33)30-17-11-13-27-12-5-6-14-29(27)30/h7-27H,1-6H3;5-27H,1-4H3;5-25H,1-4H3. The highest BCUT2D eigenvalue weighted by atomic mass is 28.3. The van der Waals surface area contributed by atoms with Gasteiger partial charge >= 0.3 is 0 Å². The van der Waals surface area contributed by atoms with Crippen molar-refractivity contribution in [3.8, 4) is 77.9 Å². The van der Waals surface area contributed by atoms with Gasteiger partial charge in [0.25, 0.3) is 0 Å². The van der Waals surface area contributed by atoms with Gasteiger partial charge in [0, 0.05) is 60.7 Å². The quantitative estimate of drug-likeness (QED) is 0.0933. The van der Waals surface area contributed by atoms with Crippen LogP contribution < -0.4 is 45.8 Å². The van der Waals surface area contributed by atoms with Crippen LogP contribution in [-0.4, -0.2) is 45.4 Å². The predicted octanol–water partition coefficient (Wildman–Crippen LogP) is 31.4. The molecular formula is C129H107N3Si3. The van der Waals surface area contributed by atoms with E-state index in [-0.39, 0.29) is 5.41 Å². The van der Waals surface area contributed by atoms with Crippen LogP contribution in [0.4, 0.5) is 34.1 Å². The summed E-state index contributed by atoms with van der Waals surface area (Å²) in [4.78, 5) is 7.24. The molecule has 0 spiro atoms. The molecule has 0 fully saturated rings. The smallest absolute Gasteiger partial charge is 0.117 e. The van der Waals surface area contributed by atoms with Crippen LogP contribution in [0.25, 0.3) is 175 Å². The molecule has 0 amide bonds. The number of anilines is 6. The van der Waals surface area contributed by atoms with Gasteiger partial charge in [-0.05, 0) is 286 Å². The van der Waals surface area contributed by atoms with E-state index in [0.717, 1.165) is 0 Å². The van der Waals surface area contributed by atoms with Gasteiger partial charge < -0.3 is 14.7 Å². The number of rotatable bonds is 6. The zero-order valence-corrected chi connectivity index (χ0v) is 82.4. The van der Waals surface area contributed by atoms with E-state index in [1.165, 1.54) is 268 Å². The molecular weight excluding hydrogens is 1680 g/mol. The molecule has 0 N–H and O–H groups in total. The third-order valence-corrected chi connectivity index (χ3v) is 41.9. The summed E-state index contributed by atoms with van der Waals surface area (Å²) in [6, 6.07) is 149. The average molecular weight is 1780 g/mol. The van der Waals surface area contributed by atoms with Crippen molar-refractivity contribution in [1.82, 2.24) is 0 Å². The lowest BCUT2D eigenvalue weighted by Gasteiger charge is -2.39. The molecule has 1 aliphatic carbocycles. The molecule has 22 aromatic carbocycles. The fraction of sp³-hybridized carbons (Fsp3) is 0.116. The fourth-order valence-corrected chi connectivity index (χ4v) is 33.7.